The Bertz CT molecular complexity index is 1280. The van der Waals surface area contributed by atoms with E-state index in [1.807, 2.05) is 11.3 Å². The van der Waals surface area contributed by atoms with Crippen molar-refractivity contribution in [3.8, 4) is 6.07 Å². The van der Waals surface area contributed by atoms with Gasteiger partial charge in [-0.05, 0) is 64.2 Å². The first kappa shape index (κ1) is 12.7. The summed E-state index contributed by atoms with van der Waals surface area (Å²) in [6.07, 6.45) is 0. The highest BCUT2D eigenvalue weighted by Gasteiger charge is 2.09. The van der Waals surface area contributed by atoms with Crippen LogP contribution in [0.5, 0.6) is 0 Å². The van der Waals surface area contributed by atoms with Crippen molar-refractivity contribution in [1.29, 1.82) is 5.26 Å². The summed E-state index contributed by atoms with van der Waals surface area (Å²) in [6, 6.07) is 19.1. The quantitative estimate of drug-likeness (QED) is 0.322. The Kier molecular flexibility index (Phi) is 2.40. The zero-order valence-electron chi connectivity index (χ0n) is 12.4. The van der Waals surface area contributed by atoms with Crippen LogP contribution in [0, 0.1) is 18.3 Å². The Morgan fingerprint density at radius 1 is 0.870 bits per heavy atom. The predicted octanol–water partition coefficient (Wildman–Crippen LogP) is 6.13. The molecule has 0 aliphatic carbocycles. The van der Waals surface area contributed by atoms with Crippen LogP contribution in [-0.4, -0.2) is 0 Å². The topological polar surface area (TPSA) is 36.9 Å². The maximum absolute atomic E-state index is 9.03. The second-order valence-corrected chi connectivity index (χ2v) is 7.16. The summed E-state index contributed by atoms with van der Waals surface area (Å²) < 4.78 is 6.91. The fraction of sp³-hybridized carbons (Fsp3) is 0.0500. The summed E-state index contributed by atoms with van der Waals surface area (Å²) in [7, 11) is 0. The van der Waals surface area contributed by atoms with Gasteiger partial charge in [0.2, 0.25) is 5.76 Å². The Balaban J connectivity index is 1.96. The number of rotatable bonds is 0. The SMILES string of the molecule is Cc1cc2cc3ccc4cc5cc(C#N)oc5cc4c3cc2s1. The van der Waals surface area contributed by atoms with Crippen LogP contribution in [0.2, 0.25) is 0 Å². The number of furan rings is 1. The van der Waals surface area contributed by atoms with Crippen LogP contribution in [0.25, 0.3) is 42.6 Å². The van der Waals surface area contributed by atoms with Gasteiger partial charge >= 0.3 is 0 Å². The summed E-state index contributed by atoms with van der Waals surface area (Å²) in [5.74, 6) is 0.357. The van der Waals surface area contributed by atoms with Crippen LogP contribution in [0.1, 0.15) is 10.6 Å². The van der Waals surface area contributed by atoms with Crippen molar-refractivity contribution in [3.63, 3.8) is 0 Å². The third kappa shape index (κ3) is 1.79. The molecule has 5 aromatic rings. The molecule has 0 aliphatic rings. The molecule has 3 heteroatoms. The Hall–Kier alpha value is -2.83. The van der Waals surface area contributed by atoms with Crippen molar-refractivity contribution in [2.75, 3.05) is 0 Å². The van der Waals surface area contributed by atoms with E-state index in [0.29, 0.717) is 5.76 Å². The highest BCUT2D eigenvalue weighted by molar-refractivity contribution is 7.19. The molecule has 2 nitrogen and oxygen atoms in total. The standard InChI is InChI=1S/C20H11NOS/c1-11-4-15-6-13-3-2-12-5-14-7-16(10-21)22-19(14)8-17(12)18(13)9-20(15)23-11/h2-9H,1H3. The van der Waals surface area contributed by atoms with Gasteiger partial charge in [0, 0.05) is 21.0 Å². The second-order valence-electron chi connectivity index (χ2n) is 5.87. The van der Waals surface area contributed by atoms with Crippen molar-refractivity contribution < 1.29 is 4.42 Å². The number of hydrogen-bond acceptors (Lipinski definition) is 3. The van der Waals surface area contributed by atoms with Gasteiger partial charge < -0.3 is 4.42 Å². The van der Waals surface area contributed by atoms with E-state index in [0.717, 1.165) is 11.0 Å². The van der Waals surface area contributed by atoms with Crippen molar-refractivity contribution in [2.45, 2.75) is 6.92 Å². The van der Waals surface area contributed by atoms with E-state index in [2.05, 4.69) is 55.5 Å². The van der Waals surface area contributed by atoms with Gasteiger partial charge in [-0.2, -0.15) is 5.26 Å². The van der Waals surface area contributed by atoms with E-state index in [4.69, 9.17) is 9.68 Å². The van der Waals surface area contributed by atoms with Crippen molar-refractivity contribution in [1.82, 2.24) is 0 Å². The molecule has 2 heterocycles. The fourth-order valence-corrected chi connectivity index (χ4v) is 4.26. The summed E-state index contributed by atoms with van der Waals surface area (Å²) in [6.45, 7) is 2.14. The van der Waals surface area contributed by atoms with Gasteiger partial charge in [0.25, 0.3) is 0 Å². The third-order valence-corrected chi connectivity index (χ3v) is 5.36. The van der Waals surface area contributed by atoms with Crippen LogP contribution >= 0.6 is 11.3 Å². The van der Waals surface area contributed by atoms with Crippen molar-refractivity contribution in [2.24, 2.45) is 0 Å². The largest absolute Gasteiger partial charge is 0.446 e. The molecule has 23 heavy (non-hydrogen) atoms. The van der Waals surface area contributed by atoms with Crippen LogP contribution in [-0.2, 0) is 0 Å². The van der Waals surface area contributed by atoms with E-state index in [1.54, 1.807) is 6.07 Å². The van der Waals surface area contributed by atoms with E-state index in [1.165, 1.54) is 36.5 Å². The van der Waals surface area contributed by atoms with E-state index in [-0.39, 0.29) is 0 Å². The molecule has 0 radical (unpaired) electrons. The van der Waals surface area contributed by atoms with Crippen LogP contribution < -0.4 is 0 Å². The second kappa shape index (κ2) is 4.34. The van der Waals surface area contributed by atoms with Gasteiger partial charge in [0.15, 0.2) is 0 Å². The van der Waals surface area contributed by atoms with Crippen LogP contribution in [0.4, 0.5) is 0 Å². The molecule has 0 bridgehead atoms. The summed E-state index contributed by atoms with van der Waals surface area (Å²) in [5.41, 5.74) is 0.768. The minimum atomic E-state index is 0.357. The average molecular weight is 313 g/mol. The van der Waals surface area contributed by atoms with E-state index >= 15 is 0 Å². The molecular formula is C20H11NOS. The first-order valence-electron chi connectivity index (χ1n) is 7.41. The molecule has 0 atom stereocenters. The van der Waals surface area contributed by atoms with Gasteiger partial charge in [-0.1, -0.05) is 12.1 Å². The van der Waals surface area contributed by atoms with Gasteiger partial charge in [-0.15, -0.1) is 11.3 Å². The lowest BCUT2D eigenvalue weighted by Gasteiger charge is -2.05. The molecule has 0 saturated heterocycles. The normalized spacial score (nSPS) is 11.7. The lowest BCUT2D eigenvalue weighted by atomic mass is 10.00. The molecular weight excluding hydrogens is 302 g/mol. The summed E-state index contributed by atoms with van der Waals surface area (Å²) >= 11 is 1.82. The van der Waals surface area contributed by atoms with E-state index < -0.39 is 0 Å². The highest BCUT2D eigenvalue weighted by atomic mass is 32.1. The molecule has 0 unspecified atom stereocenters. The number of hydrogen-bond donors (Lipinski definition) is 0. The monoisotopic (exact) mass is 313 g/mol. The molecule has 0 spiro atoms. The maximum Gasteiger partial charge on any atom is 0.204 e. The smallest absolute Gasteiger partial charge is 0.204 e. The van der Waals surface area contributed by atoms with Gasteiger partial charge in [0.05, 0.1) is 0 Å². The van der Waals surface area contributed by atoms with Crippen molar-refractivity contribution >= 4 is 53.9 Å². The summed E-state index contributed by atoms with van der Waals surface area (Å²) in [4.78, 5) is 1.33. The molecule has 0 amide bonds. The molecule has 0 N–H and O–H groups in total. The Labute approximate surface area is 136 Å². The Morgan fingerprint density at radius 3 is 2.39 bits per heavy atom. The third-order valence-electron chi connectivity index (χ3n) is 4.34. The maximum atomic E-state index is 9.03. The molecule has 3 aromatic carbocycles. The first-order valence-corrected chi connectivity index (χ1v) is 8.23. The molecule has 0 aliphatic heterocycles. The van der Waals surface area contributed by atoms with E-state index in [9.17, 15) is 0 Å². The zero-order valence-corrected chi connectivity index (χ0v) is 13.2. The minimum absolute atomic E-state index is 0.357. The molecule has 2 aromatic heterocycles. The molecule has 108 valence electrons. The molecule has 5 rings (SSSR count). The highest BCUT2D eigenvalue weighted by Crippen LogP contribution is 2.35. The van der Waals surface area contributed by atoms with Crippen LogP contribution in [0.3, 0.4) is 0 Å². The lowest BCUT2D eigenvalue weighted by molar-refractivity contribution is 0.600. The van der Waals surface area contributed by atoms with Gasteiger partial charge in [-0.3, -0.25) is 0 Å². The average Bonchev–Trinajstić information content (AvgIpc) is 3.11. The number of fused-ring (bicyclic) bond motifs is 5. The molecule has 0 saturated carbocycles. The number of nitriles is 1. The van der Waals surface area contributed by atoms with Gasteiger partial charge in [-0.25, -0.2) is 0 Å². The zero-order chi connectivity index (χ0) is 15.6. The lowest BCUT2D eigenvalue weighted by Crippen LogP contribution is -1.78. The van der Waals surface area contributed by atoms with Crippen molar-refractivity contribution in [3.05, 3.63) is 59.2 Å². The molecule has 0 fully saturated rings. The Morgan fingerprint density at radius 2 is 1.61 bits per heavy atom. The minimum Gasteiger partial charge on any atom is -0.446 e. The first-order chi connectivity index (χ1) is 11.2. The number of benzene rings is 3. The van der Waals surface area contributed by atoms with Crippen LogP contribution in [0.15, 0.2) is 52.9 Å². The fourth-order valence-electron chi connectivity index (χ4n) is 3.32. The number of thiophene rings is 1. The number of aryl methyl sites for hydroxylation is 1. The number of nitrogens with zero attached hydrogens (tertiary/aromatic N) is 1. The predicted molar refractivity (Wildman–Crippen MR) is 96.1 cm³/mol. The summed E-state index contributed by atoms with van der Waals surface area (Å²) in [5, 5.41) is 16.1. The van der Waals surface area contributed by atoms with Gasteiger partial charge in [0.1, 0.15) is 11.7 Å².